The first-order valence-corrected chi connectivity index (χ1v) is 31.3. The van der Waals surface area contributed by atoms with Crippen LogP contribution in [0, 0.1) is 0 Å². The zero-order valence-electron chi connectivity index (χ0n) is 52.8. The van der Waals surface area contributed by atoms with Crippen molar-refractivity contribution in [2.45, 2.75) is 49.4 Å². The number of carbonyl (C=O) groups excluding carboxylic acids is 4. The molecule has 14 nitrogen and oxygen atoms in total. The summed E-state index contributed by atoms with van der Waals surface area (Å²) in [6.07, 6.45) is 1.28. The highest BCUT2D eigenvalue weighted by molar-refractivity contribution is 5.93. The minimum absolute atomic E-state index is 0.0159. The Balaban J connectivity index is 0.000000149. The fourth-order valence-corrected chi connectivity index (χ4v) is 11.6. The molecule has 12 aromatic rings. The fourth-order valence-electron chi connectivity index (χ4n) is 11.6. The molecule has 95 heavy (non-hydrogen) atoms. The van der Waals surface area contributed by atoms with E-state index in [1.54, 1.807) is 60.7 Å². The Hall–Kier alpha value is -11.0. The van der Waals surface area contributed by atoms with E-state index >= 15 is 0 Å². The number of phenolic OH excluding ortho intramolecular Hbond substituents is 5. The third-order valence-corrected chi connectivity index (χ3v) is 16.8. The number of Topliss-reactive ketones (excluding diaryl/α,β-unsaturated/α-hetero) is 4. The predicted molar refractivity (Wildman–Crippen MR) is 378 cm³/mol. The average Bonchev–Trinajstić information content (AvgIpc) is 1.10. The van der Waals surface area contributed by atoms with Gasteiger partial charge in [-0.05, 0) is 136 Å². The summed E-state index contributed by atoms with van der Waals surface area (Å²) in [6.45, 7) is 0.851. The molecule has 13 N–H and O–H groups in total. The van der Waals surface area contributed by atoms with Crippen LogP contribution >= 0.6 is 0 Å². The summed E-state index contributed by atoms with van der Waals surface area (Å²) in [5, 5.41) is 56.8. The molecule has 482 valence electrons. The molecule has 0 saturated heterocycles. The normalized spacial score (nSPS) is 12.2. The van der Waals surface area contributed by atoms with Crippen molar-refractivity contribution in [2.75, 3.05) is 33.3 Å². The van der Waals surface area contributed by atoms with E-state index in [0.717, 1.165) is 82.0 Å². The number of rotatable bonds is 21. The Kier molecular flexibility index (Phi) is 23.8. The molecule has 0 amide bonds. The number of ether oxygens (including phenoxy) is 1. The molecule has 0 fully saturated rings. The van der Waals surface area contributed by atoms with Crippen LogP contribution in [0.5, 0.6) is 34.5 Å². The predicted octanol–water partition coefficient (Wildman–Crippen LogP) is 13.3. The van der Waals surface area contributed by atoms with Gasteiger partial charge < -0.3 is 53.2 Å². The van der Waals surface area contributed by atoms with Crippen molar-refractivity contribution in [3.05, 3.63) is 299 Å². The second-order valence-corrected chi connectivity index (χ2v) is 23.3. The monoisotopic (exact) mass is 1270 g/mol. The lowest BCUT2D eigenvalue weighted by atomic mass is 9.90. The first-order chi connectivity index (χ1) is 46.0. The molecule has 0 bridgehead atoms. The Morgan fingerprint density at radius 3 is 0.947 bits per heavy atom. The number of methoxy groups -OCH3 is 1. The van der Waals surface area contributed by atoms with Crippen LogP contribution in [0.3, 0.4) is 0 Å². The first kappa shape index (κ1) is 68.4. The number of aromatic hydroxyl groups is 5. The van der Waals surface area contributed by atoms with Gasteiger partial charge in [-0.15, -0.1) is 0 Å². The van der Waals surface area contributed by atoms with Crippen molar-refractivity contribution in [2.24, 2.45) is 22.9 Å². The van der Waals surface area contributed by atoms with Crippen LogP contribution in [0.2, 0.25) is 0 Å². The van der Waals surface area contributed by atoms with Gasteiger partial charge in [-0.1, -0.05) is 206 Å². The van der Waals surface area contributed by atoms with E-state index in [9.17, 15) is 44.7 Å². The highest BCUT2D eigenvalue weighted by Crippen LogP contribution is 2.33. The maximum atomic E-state index is 12.8. The third-order valence-electron chi connectivity index (χ3n) is 16.8. The van der Waals surface area contributed by atoms with Gasteiger partial charge in [0.05, 0.1) is 30.8 Å². The van der Waals surface area contributed by atoms with Gasteiger partial charge in [0.2, 0.25) is 0 Å². The number of phenols is 5. The second-order valence-electron chi connectivity index (χ2n) is 23.3. The minimum Gasteiger partial charge on any atom is -0.508 e. The number of carbonyl (C=O) groups is 4. The van der Waals surface area contributed by atoms with Crippen LogP contribution in [-0.4, -0.2) is 82.0 Å². The summed E-state index contributed by atoms with van der Waals surface area (Å²) >= 11 is 0. The van der Waals surface area contributed by atoms with Gasteiger partial charge in [-0.25, -0.2) is 0 Å². The summed E-state index contributed by atoms with van der Waals surface area (Å²) in [5.41, 5.74) is 30.1. The van der Waals surface area contributed by atoms with E-state index in [1.165, 1.54) is 25.3 Å². The smallest absolute Gasteiger partial charge is 0.160 e. The number of hydrogen-bond donors (Lipinski definition) is 9. The van der Waals surface area contributed by atoms with Gasteiger partial charge in [0, 0.05) is 51.9 Å². The highest BCUT2D eigenvalue weighted by atomic mass is 16.5. The molecule has 0 spiro atoms. The van der Waals surface area contributed by atoms with Crippen LogP contribution in [0.25, 0.3) is 43.1 Å². The number of benzene rings is 12. The van der Waals surface area contributed by atoms with E-state index in [-0.39, 0.29) is 90.4 Å². The van der Waals surface area contributed by atoms with Crippen molar-refractivity contribution >= 4 is 66.2 Å². The van der Waals surface area contributed by atoms with E-state index < -0.39 is 17.8 Å². The molecule has 0 aromatic heterocycles. The summed E-state index contributed by atoms with van der Waals surface area (Å²) in [4.78, 5) is 50.7. The van der Waals surface area contributed by atoms with E-state index in [2.05, 4.69) is 18.2 Å². The van der Waals surface area contributed by atoms with Gasteiger partial charge >= 0.3 is 0 Å². The van der Waals surface area contributed by atoms with Crippen molar-refractivity contribution in [3.8, 4) is 34.5 Å². The third kappa shape index (κ3) is 18.2. The molecule has 12 aromatic carbocycles. The molecule has 0 aliphatic rings. The zero-order chi connectivity index (χ0) is 67.4. The summed E-state index contributed by atoms with van der Waals surface area (Å²) in [7, 11) is 1.48. The molecule has 0 radical (unpaired) electrons. The number of hydrogen-bond acceptors (Lipinski definition) is 14. The van der Waals surface area contributed by atoms with Crippen molar-refractivity contribution in [1.82, 2.24) is 0 Å². The molecule has 0 heterocycles. The molecular weight excluding hydrogens is 1190 g/mol. The van der Waals surface area contributed by atoms with E-state index in [1.807, 2.05) is 158 Å². The van der Waals surface area contributed by atoms with Gasteiger partial charge in [-0.3, -0.25) is 19.2 Å². The average molecular weight is 1270 g/mol. The summed E-state index contributed by atoms with van der Waals surface area (Å²) in [6, 6.07) is 79.1. The molecule has 0 aliphatic carbocycles. The molecule has 4 unspecified atom stereocenters. The molecule has 0 saturated carbocycles. The lowest BCUT2D eigenvalue weighted by molar-refractivity contribution is -0.120. The lowest BCUT2D eigenvalue weighted by Crippen LogP contribution is -2.23. The van der Waals surface area contributed by atoms with Gasteiger partial charge in [0.1, 0.15) is 34.6 Å². The van der Waals surface area contributed by atoms with Crippen LogP contribution in [-0.2, 0) is 44.9 Å². The highest BCUT2D eigenvalue weighted by Gasteiger charge is 2.24. The quantitative estimate of drug-likeness (QED) is 0.0303. The molecule has 14 heteroatoms. The Morgan fingerprint density at radius 2 is 0.611 bits per heavy atom. The molecule has 0 aliphatic heterocycles. The van der Waals surface area contributed by atoms with Gasteiger partial charge in [0.25, 0.3) is 0 Å². The fraction of sp³-hybridized carbons (Fsp3) is 0.160. The lowest BCUT2D eigenvalue weighted by Gasteiger charge is -2.16. The SMILES string of the molecule is COc1cc(C(CN)C(=O)Cc2ccc3ccccc3c2)ccc1O.NCC(C(=O)Cc1ccc2ccccc2c1)c1ccc(O)c(O)c1.NCC(C(=O)Cc1ccc2ccccc2c1)c1ccc(O)cc1.NCC(C(=O)Cc1ccc2ccccc2c1)c1cccc(O)c1. The topological polar surface area (TPSA) is 283 Å². The minimum atomic E-state index is -0.511. The molecular formula is C81H78N4O10. The van der Waals surface area contributed by atoms with Gasteiger partial charge in [0.15, 0.2) is 23.0 Å². The Labute approximate surface area is 552 Å². The van der Waals surface area contributed by atoms with Crippen LogP contribution in [0.4, 0.5) is 0 Å². The van der Waals surface area contributed by atoms with Crippen molar-refractivity contribution in [3.63, 3.8) is 0 Å². The van der Waals surface area contributed by atoms with Crippen molar-refractivity contribution < 1.29 is 49.4 Å². The maximum absolute atomic E-state index is 12.8. The van der Waals surface area contributed by atoms with Crippen LogP contribution in [0.1, 0.15) is 68.2 Å². The standard InChI is InChI=1S/C21H21NO3.C20H19NO3.2C20H19NO2/c1-25-21-12-17(8-9-19(21)23)18(13-22)20(24)11-14-6-7-15-4-2-3-5-16(15)10-14;21-12-17(16-7-8-18(22)20(24)11-16)19(23)10-13-5-6-14-3-1-2-4-15(14)9-13;21-13-19(17-6-3-7-18(22)12-17)20(23)11-14-8-9-15-4-1-2-5-16(15)10-14;21-13-19(16-7-9-18(22)10-8-16)20(23)12-14-5-6-15-3-1-2-4-17(15)11-14/h2-10,12,18,23H,11,13,22H2,1H3;1-9,11,17,22,24H,10,12,21H2;1-10,12,19,22H,11,13,21H2;1-11,19,22H,12-13,21H2. The number of nitrogens with two attached hydrogens (primary N) is 4. The van der Waals surface area contributed by atoms with Crippen molar-refractivity contribution in [1.29, 1.82) is 0 Å². The number of ketones is 4. The zero-order valence-corrected chi connectivity index (χ0v) is 52.8. The molecule has 4 atom stereocenters. The van der Waals surface area contributed by atoms with Crippen LogP contribution < -0.4 is 27.7 Å². The summed E-state index contributed by atoms with van der Waals surface area (Å²) < 4.78 is 5.12. The first-order valence-electron chi connectivity index (χ1n) is 31.3. The maximum Gasteiger partial charge on any atom is 0.160 e. The largest absolute Gasteiger partial charge is 0.508 e. The van der Waals surface area contributed by atoms with Crippen LogP contribution in [0.15, 0.2) is 255 Å². The van der Waals surface area contributed by atoms with E-state index in [4.69, 9.17) is 27.7 Å². The summed E-state index contributed by atoms with van der Waals surface area (Å²) in [5.74, 6) is -1.23. The van der Waals surface area contributed by atoms with Gasteiger partial charge in [-0.2, -0.15) is 0 Å². The number of fused-ring (bicyclic) bond motifs is 4. The Bertz CT molecular complexity index is 4630. The Morgan fingerprint density at radius 1 is 0.295 bits per heavy atom. The van der Waals surface area contributed by atoms with E-state index in [0.29, 0.717) is 30.6 Å². The molecule has 12 rings (SSSR count). The second kappa shape index (κ2) is 33.0.